The van der Waals surface area contributed by atoms with Gasteiger partial charge < -0.3 is 10.2 Å². The number of unbranched alkanes of at least 4 members (excludes halogenated alkanes) is 2. The normalized spacial score (nSPS) is 15.0. The zero-order valence-electron chi connectivity index (χ0n) is 13.5. The van der Waals surface area contributed by atoms with Crippen LogP contribution < -0.4 is 5.32 Å². The summed E-state index contributed by atoms with van der Waals surface area (Å²) in [5, 5.41) is 3.53. The molecular weight excluding hydrogens is 220 g/mol. The van der Waals surface area contributed by atoms with E-state index in [9.17, 15) is 0 Å². The zero-order chi connectivity index (χ0) is 13.9. The minimum atomic E-state index is 0.428. The van der Waals surface area contributed by atoms with Gasteiger partial charge in [0.2, 0.25) is 0 Å². The molecule has 18 heavy (non-hydrogen) atoms. The minimum Gasteiger partial charge on any atom is -0.316 e. The summed E-state index contributed by atoms with van der Waals surface area (Å²) in [5.41, 5.74) is 0.428. The van der Waals surface area contributed by atoms with Crippen LogP contribution in [-0.2, 0) is 0 Å². The Kier molecular flexibility index (Phi) is 10.8. The van der Waals surface area contributed by atoms with Gasteiger partial charge in [0.15, 0.2) is 0 Å². The van der Waals surface area contributed by atoms with Crippen molar-refractivity contribution >= 4 is 0 Å². The van der Waals surface area contributed by atoms with E-state index < -0.39 is 0 Å². The van der Waals surface area contributed by atoms with Crippen molar-refractivity contribution in [2.24, 2.45) is 5.41 Å². The lowest BCUT2D eigenvalue weighted by Gasteiger charge is -2.35. The van der Waals surface area contributed by atoms with E-state index >= 15 is 0 Å². The average Bonchev–Trinajstić information content (AvgIpc) is 2.39. The van der Waals surface area contributed by atoms with Crippen LogP contribution in [0, 0.1) is 5.41 Å². The molecule has 0 aliphatic carbocycles. The van der Waals surface area contributed by atoms with E-state index in [0.717, 1.165) is 13.1 Å². The third kappa shape index (κ3) is 8.10. The molecule has 0 heterocycles. The summed E-state index contributed by atoms with van der Waals surface area (Å²) < 4.78 is 0. The Morgan fingerprint density at radius 1 is 0.944 bits per heavy atom. The topological polar surface area (TPSA) is 15.3 Å². The Bertz CT molecular complexity index is 174. The fourth-order valence-corrected chi connectivity index (χ4v) is 2.29. The van der Waals surface area contributed by atoms with Gasteiger partial charge in [-0.3, -0.25) is 0 Å². The molecule has 2 heteroatoms. The molecular formula is C16H36N2. The Hall–Kier alpha value is -0.0800. The number of nitrogens with zero attached hydrogens (tertiary/aromatic N) is 1. The first-order valence-corrected chi connectivity index (χ1v) is 8.04. The SMILES string of the molecule is CCCCN(CCCC)CC(C)(CC)CNCC. The summed E-state index contributed by atoms with van der Waals surface area (Å²) in [5.74, 6) is 0. The molecule has 0 saturated heterocycles. The number of nitrogens with one attached hydrogen (secondary N) is 1. The smallest absolute Gasteiger partial charge is 0.00474 e. The fraction of sp³-hybridized carbons (Fsp3) is 1.00. The Morgan fingerprint density at radius 3 is 1.89 bits per heavy atom. The zero-order valence-corrected chi connectivity index (χ0v) is 13.5. The van der Waals surface area contributed by atoms with Crippen LogP contribution in [0.25, 0.3) is 0 Å². The maximum atomic E-state index is 3.53. The van der Waals surface area contributed by atoms with Crippen LogP contribution in [0.15, 0.2) is 0 Å². The second kappa shape index (κ2) is 10.8. The van der Waals surface area contributed by atoms with Crippen LogP contribution in [-0.4, -0.2) is 37.6 Å². The molecule has 0 spiro atoms. The van der Waals surface area contributed by atoms with E-state index in [4.69, 9.17) is 0 Å². The molecule has 0 aromatic carbocycles. The second-order valence-corrected chi connectivity index (χ2v) is 5.93. The van der Waals surface area contributed by atoms with E-state index in [0.29, 0.717) is 5.41 Å². The highest BCUT2D eigenvalue weighted by Crippen LogP contribution is 2.22. The summed E-state index contributed by atoms with van der Waals surface area (Å²) >= 11 is 0. The quantitative estimate of drug-likeness (QED) is 0.569. The summed E-state index contributed by atoms with van der Waals surface area (Å²) in [6.45, 7) is 17.6. The van der Waals surface area contributed by atoms with Gasteiger partial charge in [-0.15, -0.1) is 0 Å². The van der Waals surface area contributed by atoms with Crippen LogP contribution in [0.5, 0.6) is 0 Å². The summed E-state index contributed by atoms with van der Waals surface area (Å²) in [4.78, 5) is 2.69. The van der Waals surface area contributed by atoms with Crippen LogP contribution >= 0.6 is 0 Å². The average molecular weight is 256 g/mol. The fourth-order valence-electron chi connectivity index (χ4n) is 2.29. The van der Waals surface area contributed by atoms with Gasteiger partial charge in [-0.2, -0.15) is 0 Å². The van der Waals surface area contributed by atoms with E-state index in [1.54, 1.807) is 0 Å². The first-order valence-electron chi connectivity index (χ1n) is 8.04. The van der Waals surface area contributed by atoms with Gasteiger partial charge in [-0.1, -0.05) is 47.5 Å². The molecule has 0 radical (unpaired) electrons. The molecule has 1 unspecified atom stereocenters. The van der Waals surface area contributed by atoms with Crippen LogP contribution in [0.4, 0.5) is 0 Å². The van der Waals surface area contributed by atoms with Crippen molar-refractivity contribution in [2.75, 3.05) is 32.7 Å². The van der Waals surface area contributed by atoms with Crippen LogP contribution in [0.2, 0.25) is 0 Å². The van der Waals surface area contributed by atoms with Crippen LogP contribution in [0.3, 0.4) is 0 Å². The highest BCUT2D eigenvalue weighted by atomic mass is 15.1. The molecule has 0 rings (SSSR count). The van der Waals surface area contributed by atoms with Crippen molar-refractivity contribution in [1.82, 2.24) is 10.2 Å². The lowest BCUT2D eigenvalue weighted by atomic mass is 9.86. The third-order valence-electron chi connectivity index (χ3n) is 3.92. The van der Waals surface area contributed by atoms with Crippen molar-refractivity contribution in [3.63, 3.8) is 0 Å². The Balaban J connectivity index is 4.29. The highest BCUT2D eigenvalue weighted by molar-refractivity contribution is 4.79. The minimum absolute atomic E-state index is 0.428. The van der Waals surface area contributed by atoms with Gasteiger partial charge in [0.25, 0.3) is 0 Å². The van der Waals surface area contributed by atoms with E-state index in [1.807, 2.05) is 0 Å². The largest absolute Gasteiger partial charge is 0.316 e. The first-order chi connectivity index (χ1) is 8.61. The Labute approximate surface area is 116 Å². The Morgan fingerprint density at radius 2 is 1.50 bits per heavy atom. The molecule has 0 amide bonds. The van der Waals surface area contributed by atoms with E-state index in [-0.39, 0.29) is 0 Å². The number of rotatable bonds is 12. The summed E-state index contributed by atoms with van der Waals surface area (Å²) in [6, 6.07) is 0. The first kappa shape index (κ1) is 17.9. The van der Waals surface area contributed by atoms with E-state index in [1.165, 1.54) is 51.7 Å². The summed E-state index contributed by atoms with van der Waals surface area (Å²) in [7, 11) is 0. The van der Waals surface area contributed by atoms with Crippen molar-refractivity contribution in [3.8, 4) is 0 Å². The molecule has 0 aliphatic rings. The van der Waals surface area contributed by atoms with Gasteiger partial charge >= 0.3 is 0 Å². The monoisotopic (exact) mass is 256 g/mol. The second-order valence-electron chi connectivity index (χ2n) is 5.93. The molecule has 0 aromatic rings. The van der Waals surface area contributed by atoms with Gasteiger partial charge in [0.1, 0.15) is 0 Å². The van der Waals surface area contributed by atoms with Gasteiger partial charge in [0, 0.05) is 13.1 Å². The van der Waals surface area contributed by atoms with Crippen molar-refractivity contribution in [2.45, 2.75) is 66.7 Å². The highest BCUT2D eigenvalue weighted by Gasteiger charge is 2.24. The molecule has 0 aliphatic heterocycles. The summed E-state index contributed by atoms with van der Waals surface area (Å²) in [6.07, 6.45) is 6.54. The maximum Gasteiger partial charge on any atom is 0.00474 e. The standard InChI is InChI=1S/C16H36N2/c1-6-10-12-18(13-11-7-2)15-16(5,8-3)14-17-9-4/h17H,6-15H2,1-5H3. The van der Waals surface area contributed by atoms with Gasteiger partial charge in [-0.25, -0.2) is 0 Å². The molecule has 2 nitrogen and oxygen atoms in total. The van der Waals surface area contributed by atoms with Crippen molar-refractivity contribution in [3.05, 3.63) is 0 Å². The van der Waals surface area contributed by atoms with Crippen molar-refractivity contribution in [1.29, 1.82) is 0 Å². The molecule has 0 saturated carbocycles. The molecule has 0 aromatic heterocycles. The van der Waals surface area contributed by atoms with Crippen LogP contribution in [0.1, 0.15) is 66.7 Å². The lowest BCUT2D eigenvalue weighted by Crippen LogP contribution is -2.42. The number of hydrogen-bond donors (Lipinski definition) is 1. The maximum absolute atomic E-state index is 3.53. The lowest BCUT2D eigenvalue weighted by molar-refractivity contribution is 0.152. The number of hydrogen-bond acceptors (Lipinski definition) is 2. The van der Waals surface area contributed by atoms with Crippen molar-refractivity contribution < 1.29 is 0 Å². The van der Waals surface area contributed by atoms with E-state index in [2.05, 4.69) is 44.8 Å². The molecule has 0 bridgehead atoms. The van der Waals surface area contributed by atoms with Gasteiger partial charge in [0.05, 0.1) is 0 Å². The molecule has 1 atom stereocenters. The molecule has 0 fully saturated rings. The molecule has 1 N–H and O–H groups in total. The predicted octanol–water partition coefficient (Wildman–Crippen LogP) is 3.91. The predicted molar refractivity (Wildman–Crippen MR) is 83.2 cm³/mol. The molecule has 110 valence electrons. The third-order valence-corrected chi connectivity index (χ3v) is 3.92. The van der Waals surface area contributed by atoms with Gasteiger partial charge in [-0.05, 0) is 44.3 Å².